The minimum Gasteiger partial charge on any atom is -0.399 e. The Morgan fingerprint density at radius 2 is 1.62 bits per heavy atom. The summed E-state index contributed by atoms with van der Waals surface area (Å²) in [7, 11) is 0. The van der Waals surface area contributed by atoms with Gasteiger partial charge in [-0.1, -0.05) is 36.4 Å². The van der Waals surface area contributed by atoms with Crippen molar-refractivity contribution < 1.29 is 4.79 Å². The summed E-state index contributed by atoms with van der Waals surface area (Å²) >= 11 is 0. The highest BCUT2D eigenvalue weighted by Crippen LogP contribution is 2.26. The van der Waals surface area contributed by atoms with Gasteiger partial charge in [0.25, 0.3) is 0 Å². The van der Waals surface area contributed by atoms with Crippen LogP contribution in [0.4, 0.5) is 28.4 Å². The quantitative estimate of drug-likeness (QED) is 0.504. The maximum absolute atomic E-state index is 12.2. The summed E-state index contributed by atoms with van der Waals surface area (Å²) in [6.45, 7) is 0. The molecule has 0 fully saturated rings. The highest BCUT2D eigenvalue weighted by Gasteiger charge is 2.05. The number of nitrogens with two attached hydrogens (primary N) is 2. The highest BCUT2D eigenvalue weighted by atomic mass is 16.1. The molecule has 26 heavy (non-hydrogen) atoms. The van der Waals surface area contributed by atoms with Gasteiger partial charge in [0.05, 0.1) is 11.4 Å². The Morgan fingerprint density at radius 1 is 0.846 bits per heavy atom. The maximum Gasteiger partial charge on any atom is 0.224 e. The molecule has 6 N–H and O–H groups in total. The fraction of sp³-hybridized carbons (Fsp3) is 0.0952. The van der Waals surface area contributed by atoms with Crippen LogP contribution in [0.2, 0.25) is 0 Å². The second-order valence-corrected chi connectivity index (χ2v) is 6.09. The predicted octanol–water partition coefficient (Wildman–Crippen LogP) is 4.17. The Morgan fingerprint density at radius 3 is 2.38 bits per heavy atom. The molecule has 0 aliphatic rings. The van der Waals surface area contributed by atoms with Crippen LogP contribution in [0.1, 0.15) is 12.0 Å². The van der Waals surface area contributed by atoms with Gasteiger partial charge in [-0.25, -0.2) is 0 Å². The number of hydrogen-bond acceptors (Lipinski definition) is 4. The molecule has 132 valence electrons. The van der Waals surface area contributed by atoms with Crippen molar-refractivity contribution in [2.24, 2.45) is 0 Å². The predicted molar refractivity (Wildman–Crippen MR) is 108 cm³/mol. The summed E-state index contributed by atoms with van der Waals surface area (Å²) in [5, 5.41) is 6.17. The van der Waals surface area contributed by atoms with Crippen LogP contribution in [0, 0.1) is 0 Å². The Bertz CT molecular complexity index is 894. The smallest absolute Gasteiger partial charge is 0.224 e. The van der Waals surface area contributed by atoms with Gasteiger partial charge in [-0.3, -0.25) is 4.79 Å². The summed E-state index contributed by atoms with van der Waals surface area (Å²) in [4.78, 5) is 12.2. The van der Waals surface area contributed by atoms with Crippen molar-refractivity contribution in [2.45, 2.75) is 12.8 Å². The van der Waals surface area contributed by atoms with Crippen molar-refractivity contribution in [3.63, 3.8) is 0 Å². The minimum atomic E-state index is -0.0157. The highest BCUT2D eigenvalue weighted by molar-refractivity contribution is 5.91. The monoisotopic (exact) mass is 346 g/mol. The van der Waals surface area contributed by atoms with E-state index in [1.165, 1.54) is 0 Å². The number of hydrogen-bond donors (Lipinski definition) is 4. The molecule has 3 aromatic carbocycles. The summed E-state index contributed by atoms with van der Waals surface area (Å²) in [6.07, 6.45) is 1.15. The van der Waals surface area contributed by atoms with E-state index < -0.39 is 0 Å². The molecule has 0 aliphatic carbocycles. The summed E-state index contributed by atoms with van der Waals surface area (Å²) in [6, 6.07) is 22.8. The standard InChI is InChI=1S/C21H22N4O/c22-16-10-11-20(19(23)13-16)24-17-7-4-8-18(14-17)25-21(26)12-9-15-5-2-1-3-6-15/h1-8,10-11,13-14,24H,9,12,22-23H2,(H,25,26). The van der Waals surface area contributed by atoms with Crippen LogP contribution < -0.4 is 22.1 Å². The average molecular weight is 346 g/mol. The van der Waals surface area contributed by atoms with E-state index in [1.54, 1.807) is 12.1 Å². The van der Waals surface area contributed by atoms with Gasteiger partial charge in [0, 0.05) is 23.5 Å². The number of nitrogens with one attached hydrogen (secondary N) is 2. The zero-order valence-electron chi connectivity index (χ0n) is 14.4. The van der Waals surface area contributed by atoms with Crippen molar-refractivity contribution in [3.05, 3.63) is 78.4 Å². The lowest BCUT2D eigenvalue weighted by molar-refractivity contribution is -0.116. The zero-order chi connectivity index (χ0) is 18.4. The van der Waals surface area contributed by atoms with Gasteiger partial charge in [0.15, 0.2) is 0 Å². The molecule has 0 heterocycles. The molecule has 0 unspecified atom stereocenters. The van der Waals surface area contributed by atoms with Gasteiger partial charge in [0.1, 0.15) is 0 Å². The first kappa shape index (κ1) is 17.4. The molecule has 0 spiro atoms. The van der Waals surface area contributed by atoms with Gasteiger partial charge < -0.3 is 22.1 Å². The Balaban J connectivity index is 1.60. The molecule has 0 atom stereocenters. The number of carbonyl (C=O) groups is 1. The van der Waals surface area contributed by atoms with Gasteiger partial charge >= 0.3 is 0 Å². The van der Waals surface area contributed by atoms with Crippen molar-refractivity contribution in [2.75, 3.05) is 22.1 Å². The normalized spacial score (nSPS) is 10.3. The van der Waals surface area contributed by atoms with E-state index in [4.69, 9.17) is 11.5 Å². The lowest BCUT2D eigenvalue weighted by Gasteiger charge is -2.12. The number of benzene rings is 3. The molecular formula is C21H22N4O. The molecule has 3 aromatic rings. The number of carbonyl (C=O) groups excluding carboxylic acids is 1. The largest absolute Gasteiger partial charge is 0.399 e. The van der Waals surface area contributed by atoms with E-state index in [0.717, 1.165) is 22.6 Å². The molecule has 0 aromatic heterocycles. The molecule has 0 saturated carbocycles. The van der Waals surface area contributed by atoms with E-state index in [9.17, 15) is 4.79 Å². The number of aryl methyl sites for hydroxylation is 1. The Kier molecular flexibility index (Phi) is 5.39. The van der Waals surface area contributed by atoms with Gasteiger partial charge in [-0.05, 0) is 48.4 Å². The summed E-state index contributed by atoms with van der Waals surface area (Å²) in [5.41, 5.74) is 16.4. The molecule has 1 amide bonds. The van der Waals surface area contributed by atoms with Gasteiger partial charge in [-0.2, -0.15) is 0 Å². The minimum absolute atomic E-state index is 0.0157. The first-order chi connectivity index (χ1) is 12.6. The lowest BCUT2D eigenvalue weighted by Crippen LogP contribution is -2.12. The van der Waals surface area contributed by atoms with Crippen LogP contribution in [0.3, 0.4) is 0 Å². The van der Waals surface area contributed by atoms with E-state index in [1.807, 2.05) is 60.7 Å². The molecule has 3 rings (SSSR count). The number of amides is 1. The van der Waals surface area contributed by atoms with Crippen molar-refractivity contribution in [1.82, 2.24) is 0 Å². The number of rotatable bonds is 6. The topological polar surface area (TPSA) is 93.2 Å². The Labute approximate surface area is 153 Å². The Hall–Kier alpha value is -3.47. The van der Waals surface area contributed by atoms with Crippen molar-refractivity contribution >= 4 is 34.3 Å². The zero-order valence-corrected chi connectivity index (χ0v) is 14.4. The third kappa shape index (κ3) is 4.77. The first-order valence-corrected chi connectivity index (χ1v) is 8.46. The summed E-state index contributed by atoms with van der Waals surface area (Å²) in [5.74, 6) is -0.0157. The van der Waals surface area contributed by atoms with E-state index in [-0.39, 0.29) is 5.91 Å². The second kappa shape index (κ2) is 8.07. The van der Waals surface area contributed by atoms with Crippen molar-refractivity contribution in [1.29, 1.82) is 0 Å². The molecule has 0 radical (unpaired) electrons. The second-order valence-electron chi connectivity index (χ2n) is 6.09. The van der Waals surface area contributed by atoms with Gasteiger partial charge in [-0.15, -0.1) is 0 Å². The third-order valence-corrected chi connectivity index (χ3v) is 3.98. The van der Waals surface area contributed by atoms with Crippen LogP contribution in [0.25, 0.3) is 0 Å². The fourth-order valence-corrected chi connectivity index (χ4v) is 2.65. The third-order valence-electron chi connectivity index (χ3n) is 3.98. The van der Waals surface area contributed by atoms with E-state index in [2.05, 4.69) is 10.6 Å². The SMILES string of the molecule is Nc1ccc(Nc2cccc(NC(=O)CCc3ccccc3)c2)c(N)c1. The van der Waals surface area contributed by atoms with Crippen LogP contribution in [-0.4, -0.2) is 5.91 Å². The summed E-state index contributed by atoms with van der Waals surface area (Å²) < 4.78 is 0. The molecule has 5 nitrogen and oxygen atoms in total. The van der Waals surface area contributed by atoms with E-state index >= 15 is 0 Å². The molecule has 0 bridgehead atoms. The van der Waals surface area contributed by atoms with Crippen molar-refractivity contribution in [3.8, 4) is 0 Å². The number of nitrogen functional groups attached to an aromatic ring is 2. The first-order valence-electron chi connectivity index (χ1n) is 8.46. The molecule has 0 aliphatic heterocycles. The fourth-order valence-electron chi connectivity index (χ4n) is 2.65. The van der Waals surface area contributed by atoms with E-state index in [0.29, 0.717) is 24.2 Å². The average Bonchev–Trinajstić information content (AvgIpc) is 2.64. The molecule has 5 heteroatoms. The molecule has 0 saturated heterocycles. The van der Waals surface area contributed by atoms with Crippen LogP contribution >= 0.6 is 0 Å². The maximum atomic E-state index is 12.2. The van der Waals surface area contributed by atoms with Crippen LogP contribution in [0.5, 0.6) is 0 Å². The van der Waals surface area contributed by atoms with Crippen LogP contribution in [0.15, 0.2) is 72.8 Å². The number of anilines is 5. The van der Waals surface area contributed by atoms with Gasteiger partial charge in [0.2, 0.25) is 5.91 Å². The lowest BCUT2D eigenvalue weighted by atomic mass is 10.1. The van der Waals surface area contributed by atoms with Crippen LogP contribution in [-0.2, 0) is 11.2 Å². The molecular weight excluding hydrogens is 324 g/mol.